The SMILES string of the molecule is O=C(Oc1ccc(Br)cc1/C=C1\SC(=O)N(Cc2cccc3ccccc23)C1=O)c1ccc(Cl)cc1. The summed E-state index contributed by atoms with van der Waals surface area (Å²) in [5, 5.41) is 2.19. The number of carbonyl (C=O) groups is 3. The van der Waals surface area contributed by atoms with Gasteiger partial charge in [-0.3, -0.25) is 14.5 Å². The Morgan fingerprint density at radius 1 is 0.972 bits per heavy atom. The summed E-state index contributed by atoms with van der Waals surface area (Å²) in [7, 11) is 0. The minimum absolute atomic E-state index is 0.167. The van der Waals surface area contributed by atoms with Gasteiger partial charge < -0.3 is 4.74 Å². The van der Waals surface area contributed by atoms with E-state index in [0.717, 1.165) is 32.6 Å². The molecule has 1 heterocycles. The van der Waals surface area contributed by atoms with Crippen molar-refractivity contribution < 1.29 is 19.1 Å². The zero-order chi connectivity index (χ0) is 25.2. The molecule has 178 valence electrons. The summed E-state index contributed by atoms with van der Waals surface area (Å²) in [4.78, 5) is 40.1. The summed E-state index contributed by atoms with van der Waals surface area (Å²) in [6, 6.07) is 25.1. The zero-order valence-electron chi connectivity index (χ0n) is 18.6. The van der Waals surface area contributed by atoms with E-state index in [0.29, 0.717) is 16.1 Å². The number of imide groups is 1. The fraction of sp³-hybridized carbons (Fsp3) is 0.0357. The van der Waals surface area contributed by atoms with Gasteiger partial charge in [0.05, 0.1) is 17.0 Å². The maximum atomic E-state index is 13.2. The van der Waals surface area contributed by atoms with Crippen LogP contribution in [0.4, 0.5) is 4.79 Å². The van der Waals surface area contributed by atoms with Crippen LogP contribution in [-0.4, -0.2) is 22.0 Å². The zero-order valence-corrected chi connectivity index (χ0v) is 21.8. The van der Waals surface area contributed by atoms with E-state index in [1.54, 1.807) is 48.5 Å². The Bertz CT molecular complexity index is 1550. The second-order valence-electron chi connectivity index (χ2n) is 7.98. The Morgan fingerprint density at radius 3 is 2.53 bits per heavy atom. The molecule has 1 saturated heterocycles. The fourth-order valence-electron chi connectivity index (χ4n) is 3.85. The molecule has 8 heteroatoms. The molecule has 4 aromatic rings. The van der Waals surface area contributed by atoms with Crippen molar-refractivity contribution in [2.45, 2.75) is 6.54 Å². The molecule has 1 fully saturated rings. The van der Waals surface area contributed by atoms with Gasteiger partial charge in [-0.15, -0.1) is 0 Å². The highest BCUT2D eigenvalue weighted by Gasteiger charge is 2.35. The first kappa shape index (κ1) is 24.3. The predicted octanol–water partition coefficient (Wildman–Crippen LogP) is 7.71. The minimum atomic E-state index is -0.562. The molecular weight excluding hydrogens is 562 g/mol. The van der Waals surface area contributed by atoms with Gasteiger partial charge in [0.2, 0.25) is 0 Å². The van der Waals surface area contributed by atoms with Gasteiger partial charge in [-0.25, -0.2) is 4.79 Å². The van der Waals surface area contributed by atoms with Gasteiger partial charge in [0, 0.05) is 15.1 Å². The average Bonchev–Trinajstić information content (AvgIpc) is 3.13. The normalized spacial score (nSPS) is 14.6. The highest BCUT2D eigenvalue weighted by molar-refractivity contribution is 9.10. The lowest BCUT2D eigenvalue weighted by Crippen LogP contribution is -2.27. The summed E-state index contributed by atoms with van der Waals surface area (Å²) in [5.41, 5.74) is 1.71. The van der Waals surface area contributed by atoms with Crippen LogP contribution in [0.3, 0.4) is 0 Å². The van der Waals surface area contributed by atoms with E-state index in [9.17, 15) is 14.4 Å². The van der Waals surface area contributed by atoms with Crippen molar-refractivity contribution in [1.29, 1.82) is 0 Å². The third-order valence-electron chi connectivity index (χ3n) is 5.62. The van der Waals surface area contributed by atoms with Crippen molar-refractivity contribution in [3.05, 3.63) is 116 Å². The maximum Gasteiger partial charge on any atom is 0.343 e. The summed E-state index contributed by atoms with van der Waals surface area (Å²) < 4.78 is 6.33. The Balaban J connectivity index is 1.41. The Hall–Kier alpha value is -3.39. The monoisotopic (exact) mass is 577 g/mol. The highest BCUT2D eigenvalue weighted by atomic mass is 79.9. The standard InChI is InChI=1S/C28H17BrClNO4S/c29-21-10-13-24(35-27(33)18-8-11-22(30)12-9-18)20(14-21)15-25-26(32)31(28(34)36-25)16-19-6-3-5-17-4-1-2-7-23(17)19/h1-15H,16H2/b25-15-. The van der Waals surface area contributed by atoms with Crippen molar-refractivity contribution in [1.82, 2.24) is 4.90 Å². The molecule has 36 heavy (non-hydrogen) atoms. The van der Waals surface area contributed by atoms with Crippen molar-refractivity contribution in [2.24, 2.45) is 0 Å². The number of thioether (sulfide) groups is 1. The summed E-state index contributed by atoms with van der Waals surface area (Å²) in [6.07, 6.45) is 1.57. The number of halogens is 2. The van der Waals surface area contributed by atoms with E-state index < -0.39 is 11.9 Å². The van der Waals surface area contributed by atoms with Gasteiger partial charge in [0.25, 0.3) is 11.1 Å². The van der Waals surface area contributed by atoms with Gasteiger partial charge in [0.1, 0.15) is 5.75 Å². The number of nitrogens with zero attached hydrogens (tertiary/aromatic N) is 1. The molecule has 0 radical (unpaired) electrons. The van der Waals surface area contributed by atoms with Crippen LogP contribution in [0.2, 0.25) is 5.02 Å². The lowest BCUT2D eigenvalue weighted by atomic mass is 10.0. The molecule has 2 amide bonds. The predicted molar refractivity (Wildman–Crippen MR) is 146 cm³/mol. The van der Waals surface area contributed by atoms with Crippen molar-refractivity contribution in [3.63, 3.8) is 0 Å². The molecule has 1 aliphatic heterocycles. The second-order valence-corrected chi connectivity index (χ2v) is 10.3. The van der Waals surface area contributed by atoms with Gasteiger partial charge in [-0.1, -0.05) is 70.0 Å². The van der Waals surface area contributed by atoms with Crippen LogP contribution in [0.5, 0.6) is 5.75 Å². The van der Waals surface area contributed by atoms with Crippen LogP contribution in [0, 0.1) is 0 Å². The van der Waals surface area contributed by atoms with Crippen LogP contribution < -0.4 is 4.74 Å². The minimum Gasteiger partial charge on any atom is -0.422 e. The molecule has 0 unspecified atom stereocenters. The molecular formula is C28H17BrClNO4S. The molecule has 0 aromatic heterocycles. The van der Waals surface area contributed by atoms with Gasteiger partial charge in [-0.2, -0.15) is 0 Å². The Morgan fingerprint density at radius 2 is 1.72 bits per heavy atom. The molecule has 5 nitrogen and oxygen atoms in total. The number of hydrogen-bond donors (Lipinski definition) is 0. The van der Waals surface area contributed by atoms with E-state index in [-0.39, 0.29) is 22.4 Å². The third-order valence-corrected chi connectivity index (χ3v) is 7.28. The number of hydrogen-bond acceptors (Lipinski definition) is 5. The van der Waals surface area contributed by atoms with E-state index in [1.165, 1.54) is 4.90 Å². The molecule has 4 aromatic carbocycles. The molecule has 0 saturated carbocycles. The number of amides is 2. The Labute approximate surface area is 224 Å². The van der Waals surface area contributed by atoms with Crippen LogP contribution in [0.25, 0.3) is 16.8 Å². The van der Waals surface area contributed by atoms with Crippen LogP contribution in [0.1, 0.15) is 21.5 Å². The number of fused-ring (bicyclic) bond motifs is 1. The fourth-order valence-corrected chi connectivity index (χ4v) is 5.18. The van der Waals surface area contributed by atoms with Crippen molar-refractivity contribution in [3.8, 4) is 5.75 Å². The quantitative estimate of drug-likeness (QED) is 0.138. The van der Waals surface area contributed by atoms with E-state index in [1.807, 2.05) is 42.5 Å². The smallest absolute Gasteiger partial charge is 0.343 e. The summed E-state index contributed by atoms with van der Waals surface area (Å²) in [5.74, 6) is -0.695. The largest absolute Gasteiger partial charge is 0.422 e. The van der Waals surface area contributed by atoms with Gasteiger partial charge in [0.15, 0.2) is 0 Å². The van der Waals surface area contributed by atoms with E-state index >= 15 is 0 Å². The van der Waals surface area contributed by atoms with E-state index in [2.05, 4.69) is 15.9 Å². The lowest BCUT2D eigenvalue weighted by Gasteiger charge is -2.14. The van der Waals surface area contributed by atoms with Crippen LogP contribution >= 0.6 is 39.3 Å². The van der Waals surface area contributed by atoms with Crippen molar-refractivity contribution >= 4 is 73.3 Å². The number of benzene rings is 4. The molecule has 0 N–H and O–H groups in total. The number of ether oxygens (including phenoxy) is 1. The van der Waals surface area contributed by atoms with Crippen molar-refractivity contribution in [2.75, 3.05) is 0 Å². The first-order chi connectivity index (χ1) is 17.4. The van der Waals surface area contributed by atoms with E-state index in [4.69, 9.17) is 16.3 Å². The molecule has 5 rings (SSSR count). The van der Waals surface area contributed by atoms with Crippen LogP contribution in [-0.2, 0) is 11.3 Å². The molecule has 0 atom stereocenters. The van der Waals surface area contributed by atoms with Crippen LogP contribution in [0.15, 0.2) is 94.3 Å². The average molecular weight is 579 g/mol. The number of rotatable bonds is 5. The van der Waals surface area contributed by atoms with Gasteiger partial charge >= 0.3 is 5.97 Å². The third kappa shape index (κ3) is 5.09. The summed E-state index contributed by atoms with van der Waals surface area (Å²) in [6.45, 7) is 0.167. The molecule has 1 aliphatic rings. The first-order valence-corrected chi connectivity index (χ1v) is 12.9. The first-order valence-electron chi connectivity index (χ1n) is 10.9. The lowest BCUT2D eigenvalue weighted by molar-refractivity contribution is -0.123. The second kappa shape index (κ2) is 10.3. The maximum absolute atomic E-state index is 13.2. The number of esters is 1. The topological polar surface area (TPSA) is 63.7 Å². The molecule has 0 aliphatic carbocycles. The molecule has 0 spiro atoms. The Kier molecular flexibility index (Phi) is 6.96. The van der Waals surface area contributed by atoms with Gasteiger partial charge in [-0.05, 0) is 76.6 Å². The molecule has 0 bridgehead atoms. The number of carbonyl (C=O) groups excluding carboxylic acids is 3. The summed E-state index contributed by atoms with van der Waals surface area (Å²) >= 11 is 10.2. The highest BCUT2D eigenvalue weighted by Crippen LogP contribution is 2.36.